The van der Waals surface area contributed by atoms with Crippen molar-refractivity contribution in [3.8, 4) is 5.75 Å². The molecule has 0 radical (unpaired) electrons. The molecule has 0 atom stereocenters. The van der Waals surface area contributed by atoms with Gasteiger partial charge >= 0.3 is 0 Å². The zero-order valence-electron chi connectivity index (χ0n) is 12.6. The zero-order valence-corrected chi connectivity index (χ0v) is 13.3. The molecule has 1 aromatic carbocycles. The van der Waals surface area contributed by atoms with Gasteiger partial charge in [0.15, 0.2) is 0 Å². The molecule has 0 aliphatic carbocycles. The minimum atomic E-state index is 0.280. The van der Waals surface area contributed by atoms with Crippen molar-refractivity contribution in [3.05, 3.63) is 28.8 Å². The van der Waals surface area contributed by atoms with E-state index in [0.29, 0.717) is 0 Å². The number of methoxy groups -OCH3 is 1. The molecule has 0 aliphatic rings. The third kappa shape index (κ3) is 5.84. The molecule has 0 spiro atoms. The standard InChI is InChI=1S/C16H26ClNO/c1-5-10-18-12-16(2,3)9-8-13-11-14(17)6-7-15(13)19-4/h6-7,11,18H,5,8-10,12H2,1-4H3. The van der Waals surface area contributed by atoms with Crippen molar-refractivity contribution in [3.63, 3.8) is 0 Å². The summed E-state index contributed by atoms with van der Waals surface area (Å²) in [6.45, 7) is 8.92. The Bertz CT molecular complexity index is 390. The van der Waals surface area contributed by atoms with Crippen LogP contribution in [-0.4, -0.2) is 20.2 Å². The molecule has 0 unspecified atom stereocenters. The summed E-state index contributed by atoms with van der Waals surface area (Å²) in [5.41, 5.74) is 1.47. The lowest BCUT2D eigenvalue weighted by atomic mass is 9.86. The number of rotatable bonds is 8. The predicted octanol–water partition coefficient (Wildman–Crippen LogP) is 4.31. The summed E-state index contributed by atoms with van der Waals surface area (Å²) in [4.78, 5) is 0. The van der Waals surface area contributed by atoms with E-state index in [9.17, 15) is 0 Å². The van der Waals surface area contributed by atoms with E-state index in [1.54, 1.807) is 7.11 Å². The van der Waals surface area contributed by atoms with E-state index in [1.165, 1.54) is 12.0 Å². The summed E-state index contributed by atoms with van der Waals surface area (Å²) in [7, 11) is 1.71. The Kier molecular flexibility index (Phi) is 6.67. The van der Waals surface area contributed by atoms with Crippen LogP contribution in [0.1, 0.15) is 39.2 Å². The van der Waals surface area contributed by atoms with Gasteiger partial charge in [-0.25, -0.2) is 0 Å². The molecule has 19 heavy (non-hydrogen) atoms. The maximum Gasteiger partial charge on any atom is 0.122 e. The van der Waals surface area contributed by atoms with Gasteiger partial charge in [-0.3, -0.25) is 0 Å². The third-order valence-electron chi connectivity index (χ3n) is 3.34. The molecule has 3 heteroatoms. The highest BCUT2D eigenvalue weighted by Gasteiger charge is 2.18. The summed E-state index contributed by atoms with van der Waals surface area (Å²) >= 11 is 6.06. The van der Waals surface area contributed by atoms with Crippen LogP contribution in [0.2, 0.25) is 5.02 Å². The number of hydrogen-bond donors (Lipinski definition) is 1. The van der Waals surface area contributed by atoms with E-state index in [4.69, 9.17) is 16.3 Å². The fourth-order valence-corrected chi connectivity index (χ4v) is 2.30. The Labute approximate surface area is 122 Å². The molecule has 0 aromatic heterocycles. The van der Waals surface area contributed by atoms with Crippen LogP contribution in [0, 0.1) is 5.41 Å². The molecule has 1 N–H and O–H groups in total. The second-order valence-corrected chi connectivity index (χ2v) is 6.23. The first-order valence-electron chi connectivity index (χ1n) is 7.01. The smallest absolute Gasteiger partial charge is 0.122 e. The molecular formula is C16H26ClNO. The highest BCUT2D eigenvalue weighted by atomic mass is 35.5. The third-order valence-corrected chi connectivity index (χ3v) is 3.58. The normalized spacial score (nSPS) is 11.6. The van der Waals surface area contributed by atoms with Crippen molar-refractivity contribution in [2.24, 2.45) is 5.41 Å². The topological polar surface area (TPSA) is 21.3 Å². The number of halogens is 1. The number of hydrogen-bond acceptors (Lipinski definition) is 2. The van der Waals surface area contributed by atoms with Crippen molar-refractivity contribution in [1.29, 1.82) is 0 Å². The Hall–Kier alpha value is -0.730. The van der Waals surface area contributed by atoms with E-state index in [0.717, 1.165) is 36.7 Å². The SMILES string of the molecule is CCCNCC(C)(C)CCc1cc(Cl)ccc1OC. The Balaban J connectivity index is 2.57. The van der Waals surface area contributed by atoms with Crippen LogP contribution >= 0.6 is 11.6 Å². The average molecular weight is 284 g/mol. The summed E-state index contributed by atoms with van der Waals surface area (Å²) < 4.78 is 5.39. The van der Waals surface area contributed by atoms with E-state index >= 15 is 0 Å². The first-order valence-corrected chi connectivity index (χ1v) is 7.39. The van der Waals surface area contributed by atoms with Crippen LogP contribution in [0.4, 0.5) is 0 Å². The van der Waals surface area contributed by atoms with Gasteiger partial charge in [-0.2, -0.15) is 0 Å². The van der Waals surface area contributed by atoms with Crippen LogP contribution in [-0.2, 0) is 6.42 Å². The monoisotopic (exact) mass is 283 g/mol. The average Bonchev–Trinajstić information content (AvgIpc) is 2.37. The summed E-state index contributed by atoms with van der Waals surface area (Å²) in [6, 6.07) is 5.83. The fraction of sp³-hybridized carbons (Fsp3) is 0.625. The van der Waals surface area contributed by atoms with Gasteiger partial charge in [-0.15, -0.1) is 0 Å². The number of aryl methyl sites for hydroxylation is 1. The van der Waals surface area contributed by atoms with Crippen LogP contribution < -0.4 is 10.1 Å². The lowest BCUT2D eigenvalue weighted by Gasteiger charge is -2.25. The molecule has 2 nitrogen and oxygen atoms in total. The molecule has 108 valence electrons. The Morgan fingerprint density at radius 1 is 1.32 bits per heavy atom. The first-order chi connectivity index (χ1) is 8.98. The molecule has 0 amide bonds. The summed E-state index contributed by atoms with van der Waals surface area (Å²) in [5, 5.41) is 4.27. The highest BCUT2D eigenvalue weighted by molar-refractivity contribution is 6.30. The van der Waals surface area contributed by atoms with Crippen molar-refractivity contribution < 1.29 is 4.74 Å². The number of ether oxygens (including phenoxy) is 1. The Morgan fingerprint density at radius 3 is 2.68 bits per heavy atom. The molecule has 0 fully saturated rings. The predicted molar refractivity (Wildman–Crippen MR) is 83.3 cm³/mol. The molecule has 0 aliphatic heterocycles. The number of nitrogens with one attached hydrogen (secondary N) is 1. The van der Waals surface area contributed by atoms with Gasteiger partial charge in [0.25, 0.3) is 0 Å². The van der Waals surface area contributed by atoms with Gasteiger partial charge in [0.2, 0.25) is 0 Å². The number of benzene rings is 1. The van der Waals surface area contributed by atoms with Crippen molar-refractivity contribution in [2.45, 2.75) is 40.0 Å². The highest BCUT2D eigenvalue weighted by Crippen LogP contribution is 2.28. The second kappa shape index (κ2) is 7.76. The van der Waals surface area contributed by atoms with Gasteiger partial charge in [0.1, 0.15) is 5.75 Å². The van der Waals surface area contributed by atoms with Gasteiger partial charge in [0.05, 0.1) is 7.11 Å². The van der Waals surface area contributed by atoms with Gasteiger partial charge < -0.3 is 10.1 Å². The zero-order chi connectivity index (χ0) is 14.3. The lowest BCUT2D eigenvalue weighted by molar-refractivity contribution is 0.313. The van der Waals surface area contributed by atoms with E-state index in [2.05, 4.69) is 26.1 Å². The Morgan fingerprint density at radius 2 is 2.05 bits per heavy atom. The van der Waals surface area contributed by atoms with Gasteiger partial charge in [0, 0.05) is 11.6 Å². The molecule has 0 heterocycles. The summed E-state index contributed by atoms with van der Waals surface area (Å²) in [6.07, 6.45) is 3.28. The van der Waals surface area contributed by atoms with Crippen molar-refractivity contribution in [2.75, 3.05) is 20.2 Å². The maximum atomic E-state index is 6.06. The minimum absolute atomic E-state index is 0.280. The lowest BCUT2D eigenvalue weighted by Crippen LogP contribution is -2.30. The van der Waals surface area contributed by atoms with E-state index < -0.39 is 0 Å². The largest absolute Gasteiger partial charge is 0.496 e. The van der Waals surface area contributed by atoms with Crippen LogP contribution in [0.15, 0.2) is 18.2 Å². The van der Waals surface area contributed by atoms with E-state index in [-0.39, 0.29) is 5.41 Å². The van der Waals surface area contributed by atoms with Crippen molar-refractivity contribution in [1.82, 2.24) is 5.32 Å². The van der Waals surface area contributed by atoms with E-state index in [1.807, 2.05) is 18.2 Å². The molecular weight excluding hydrogens is 258 g/mol. The van der Waals surface area contributed by atoms with Gasteiger partial charge in [-0.05, 0) is 55.0 Å². The van der Waals surface area contributed by atoms with Crippen LogP contribution in [0.5, 0.6) is 5.75 Å². The van der Waals surface area contributed by atoms with Crippen LogP contribution in [0.3, 0.4) is 0 Å². The minimum Gasteiger partial charge on any atom is -0.496 e. The van der Waals surface area contributed by atoms with Gasteiger partial charge in [-0.1, -0.05) is 32.4 Å². The molecule has 1 aromatic rings. The second-order valence-electron chi connectivity index (χ2n) is 5.80. The van der Waals surface area contributed by atoms with Crippen LogP contribution in [0.25, 0.3) is 0 Å². The first kappa shape index (κ1) is 16.3. The van der Waals surface area contributed by atoms with Crippen molar-refractivity contribution >= 4 is 11.6 Å². The summed E-state index contributed by atoms with van der Waals surface area (Å²) in [5.74, 6) is 0.932. The quantitative estimate of drug-likeness (QED) is 0.718. The fourth-order valence-electron chi connectivity index (χ4n) is 2.11. The molecule has 0 bridgehead atoms. The molecule has 0 saturated carbocycles. The maximum absolute atomic E-state index is 6.06. The molecule has 0 saturated heterocycles. The molecule has 1 rings (SSSR count).